The minimum absolute atomic E-state index is 0.00509. The second kappa shape index (κ2) is 6.89. The Morgan fingerprint density at radius 2 is 1.57 bits per heavy atom. The van der Waals surface area contributed by atoms with Crippen LogP contribution in [-0.4, -0.2) is 70.6 Å². The van der Waals surface area contributed by atoms with E-state index in [4.69, 9.17) is 10.2 Å². The van der Waals surface area contributed by atoms with Crippen LogP contribution in [0.5, 0.6) is 0 Å². The van der Waals surface area contributed by atoms with E-state index in [9.17, 15) is 14.4 Å². The molecule has 2 N–H and O–H groups in total. The van der Waals surface area contributed by atoms with Gasteiger partial charge in [0.15, 0.2) is 0 Å². The first-order chi connectivity index (χ1) is 9.99. The molecule has 2 aliphatic heterocycles. The Hall–Kier alpha value is -1.63. The predicted octanol–water partition coefficient (Wildman–Crippen LogP) is 0.106. The summed E-state index contributed by atoms with van der Waals surface area (Å²) in [7, 11) is 0. The van der Waals surface area contributed by atoms with Crippen molar-refractivity contribution >= 4 is 17.8 Å². The van der Waals surface area contributed by atoms with Gasteiger partial charge in [-0.15, -0.1) is 0 Å². The summed E-state index contributed by atoms with van der Waals surface area (Å²) in [5.41, 5.74) is 0. The number of piperidine rings is 1. The van der Waals surface area contributed by atoms with E-state index in [1.165, 1.54) is 17.7 Å². The molecule has 2 atom stereocenters. The number of hydrogen-bond donors (Lipinski definition) is 2. The van der Waals surface area contributed by atoms with Crippen LogP contribution in [0.2, 0.25) is 0 Å². The molecule has 2 saturated heterocycles. The lowest BCUT2D eigenvalue weighted by Gasteiger charge is -2.34. The molecule has 0 aromatic rings. The van der Waals surface area contributed by atoms with E-state index in [-0.39, 0.29) is 18.9 Å². The molecule has 2 aliphatic rings. The topological polar surface area (TPSA) is 98.2 Å². The van der Waals surface area contributed by atoms with Crippen LogP contribution in [0.4, 0.5) is 0 Å². The highest BCUT2D eigenvalue weighted by Gasteiger charge is 2.39. The Bertz CT molecular complexity index is 420. The van der Waals surface area contributed by atoms with Gasteiger partial charge in [0.1, 0.15) is 0 Å². The number of nitrogens with zero attached hydrogens (tertiary/aromatic N) is 2. The first-order valence-electron chi connectivity index (χ1n) is 7.45. The summed E-state index contributed by atoms with van der Waals surface area (Å²) in [6.45, 7) is 3.08. The number of carboxylic acids is 2. The van der Waals surface area contributed by atoms with Gasteiger partial charge in [-0.2, -0.15) is 0 Å². The molecular formula is C14H22N2O5. The van der Waals surface area contributed by atoms with Gasteiger partial charge in [0.2, 0.25) is 5.91 Å². The van der Waals surface area contributed by atoms with Gasteiger partial charge in [-0.1, -0.05) is 0 Å². The maximum atomic E-state index is 12.2. The lowest BCUT2D eigenvalue weighted by Crippen LogP contribution is -2.49. The van der Waals surface area contributed by atoms with E-state index < -0.39 is 23.8 Å². The first-order valence-corrected chi connectivity index (χ1v) is 7.45. The van der Waals surface area contributed by atoms with Gasteiger partial charge < -0.3 is 20.0 Å². The Kier molecular flexibility index (Phi) is 5.17. The summed E-state index contributed by atoms with van der Waals surface area (Å²) in [5, 5.41) is 18.2. The number of likely N-dealkylation sites (tertiary alicyclic amines) is 2. The van der Waals surface area contributed by atoms with Crippen LogP contribution < -0.4 is 0 Å². The van der Waals surface area contributed by atoms with E-state index in [2.05, 4.69) is 4.90 Å². The fourth-order valence-electron chi connectivity index (χ4n) is 3.14. The Labute approximate surface area is 123 Å². The molecule has 0 spiro atoms. The molecule has 0 saturated carbocycles. The standard InChI is InChI=1S/C14H22N2O5/c17-12(4-7-15-5-1-2-6-15)16-8-3-10(13(18)19)11(9-16)14(20)21/h10-11H,1-9H2,(H,18,19)(H,20,21). The smallest absolute Gasteiger partial charge is 0.309 e. The third-order valence-corrected chi connectivity index (χ3v) is 4.44. The first kappa shape index (κ1) is 15.8. The molecule has 2 unspecified atom stereocenters. The van der Waals surface area contributed by atoms with Crippen LogP contribution in [0.3, 0.4) is 0 Å². The summed E-state index contributed by atoms with van der Waals surface area (Å²) in [6, 6.07) is 0. The molecule has 118 valence electrons. The fraction of sp³-hybridized carbons (Fsp3) is 0.786. The van der Waals surface area contributed by atoms with Gasteiger partial charge in [-0.25, -0.2) is 0 Å². The van der Waals surface area contributed by atoms with Crippen LogP contribution >= 0.6 is 0 Å². The fourth-order valence-corrected chi connectivity index (χ4v) is 3.14. The maximum Gasteiger partial charge on any atom is 0.309 e. The van der Waals surface area contributed by atoms with Crippen molar-refractivity contribution in [1.82, 2.24) is 9.80 Å². The summed E-state index contributed by atoms with van der Waals surface area (Å²) >= 11 is 0. The van der Waals surface area contributed by atoms with E-state index >= 15 is 0 Å². The van der Waals surface area contributed by atoms with Crippen LogP contribution in [0.15, 0.2) is 0 Å². The van der Waals surface area contributed by atoms with E-state index in [0.717, 1.165) is 13.1 Å². The van der Waals surface area contributed by atoms with Crippen molar-refractivity contribution in [3.63, 3.8) is 0 Å². The number of rotatable bonds is 5. The Morgan fingerprint density at radius 3 is 2.14 bits per heavy atom. The number of amides is 1. The minimum atomic E-state index is -1.14. The molecule has 0 aromatic heterocycles. The van der Waals surface area contributed by atoms with Gasteiger partial charge in [0.25, 0.3) is 0 Å². The highest BCUT2D eigenvalue weighted by atomic mass is 16.4. The lowest BCUT2D eigenvalue weighted by molar-refractivity contribution is -0.159. The molecule has 2 rings (SSSR count). The van der Waals surface area contributed by atoms with Crippen molar-refractivity contribution in [2.75, 3.05) is 32.7 Å². The van der Waals surface area contributed by atoms with Gasteiger partial charge in [0.05, 0.1) is 11.8 Å². The highest BCUT2D eigenvalue weighted by molar-refractivity contribution is 5.82. The molecule has 21 heavy (non-hydrogen) atoms. The SMILES string of the molecule is O=C(O)C1CCN(C(=O)CCN2CCCC2)CC1C(=O)O. The summed E-state index contributed by atoms with van der Waals surface area (Å²) in [5.74, 6) is -4.21. The zero-order valence-corrected chi connectivity index (χ0v) is 12.0. The average molecular weight is 298 g/mol. The largest absolute Gasteiger partial charge is 0.481 e. The third-order valence-electron chi connectivity index (χ3n) is 4.44. The van der Waals surface area contributed by atoms with Crippen LogP contribution in [0.1, 0.15) is 25.7 Å². The Balaban J connectivity index is 1.87. The molecule has 0 aliphatic carbocycles. The molecule has 0 radical (unpaired) electrons. The number of carbonyl (C=O) groups excluding carboxylic acids is 1. The molecule has 0 bridgehead atoms. The quantitative estimate of drug-likeness (QED) is 0.747. The summed E-state index contributed by atoms with van der Waals surface area (Å²) in [6.07, 6.45) is 2.92. The number of carboxylic acid groups (broad SMARTS) is 2. The number of aliphatic carboxylic acids is 2. The molecule has 1 amide bonds. The minimum Gasteiger partial charge on any atom is -0.481 e. The van der Waals surface area contributed by atoms with Crippen molar-refractivity contribution in [1.29, 1.82) is 0 Å². The van der Waals surface area contributed by atoms with Crippen molar-refractivity contribution < 1.29 is 24.6 Å². The van der Waals surface area contributed by atoms with Gasteiger partial charge in [0, 0.05) is 26.1 Å². The molecule has 7 nitrogen and oxygen atoms in total. The number of hydrogen-bond acceptors (Lipinski definition) is 4. The van der Waals surface area contributed by atoms with Crippen LogP contribution in [-0.2, 0) is 14.4 Å². The van der Waals surface area contributed by atoms with Crippen molar-refractivity contribution in [3.8, 4) is 0 Å². The van der Waals surface area contributed by atoms with Crippen molar-refractivity contribution in [2.24, 2.45) is 11.8 Å². The molecule has 2 fully saturated rings. The molecule has 0 aromatic carbocycles. The normalized spacial score (nSPS) is 26.8. The molecular weight excluding hydrogens is 276 g/mol. The monoisotopic (exact) mass is 298 g/mol. The van der Waals surface area contributed by atoms with E-state index in [1.54, 1.807) is 0 Å². The van der Waals surface area contributed by atoms with Gasteiger partial charge >= 0.3 is 11.9 Å². The summed E-state index contributed by atoms with van der Waals surface area (Å²) in [4.78, 5) is 38.2. The van der Waals surface area contributed by atoms with Gasteiger partial charge in [-0.05, 0) is 32.4 Å². The Morgan fingerprint density at radius 1 is 0.952 bits per heavy atom. The number of carbonyl (C=O) groups is 3. The highest BCUT2D eigenvalue weighted by Crippen LogP contribution is 2.25. The van der Waals surface area contributed by atoms with Crippen molar-refractivity contribution in [3.05, 3.63) is 0 Å². The molecule has 2 heterocycles. The van der Waals surface area contributed by atoms with Crippen LogP contribution in [0, 0.1) is 11.8 Å². The summed E-state index contributed by atoms with van der Waals surface area (Å²) < 4.78 is 0. The van der Waals surface area contributed by atoms with Gasteiger partial charge in [-0.3, -0.25) is 14.4 Å². The lowest BCUT2D eigenvalue weighted by atomic mass is 9.85. The third kappa shape index (κ3) is 3.93. The molecule has 7 heteroatoms. The maximum absolute atomic E-state index is 12.2. The second-order valence-corrected chi connectivity index (χ2v) is 5.82. The van der Waals surface area contributed by atoms with Crippen molar-refractivity contribution in [2.45, 2.75) is 25.7 Å². The van der Waals surface area contributed by atoms with Crippen LogP contribution in [0.25, 0.3) is 0 Å². The zero-order valence-electron chi connectivity index (χ0n) is 12.0. The zero-order chi connectivity index (χ0) is 15.4. The van der Waals surface area contributed by atoms with E-state index in [0.29, 0.717) is 19.5 Å². The average Bonchev–Trinajstić information content (AvgIpc) is 2.97. The van der Waals surface area contributed by atoms with E-state index in [1.807, 2.05) is 0 Å². The predicted molar refractivity (Wildman–Crippen MR) is 73.7 cm³/mol. The second-order valence-electron chi connectivity index (χ2n) is 5.82.